The van der Waals surface area contributed by atoms with E-state index in [4.69, 9.17) is 13.8 Å². The predicted molar refractivity (Wildman–Crippen MR) is 268 cm³/mol. The molecule has 3 unspecified atom stereocenters. The molecule has 3 atom stereocenters. The van der Waals surface area contributed by atoms with E-state index in [1.165, 1.54) is 128 Å². The third-order valence-corrected chi connectivity index (χ3v) is 12.6. The number of nitrogens with one attached hydrogen (secondary N) is 1. The molecule has 0 bridgehead atoms. The van der Waals surface area contributed by atoms with E-state index in [1.807, 2.05) is 33.3 Å². The molecule has 10 heteroatoms. The molecule has 9 nitrogen and oxygen atoms in total. The molecule has 0 aliphatic rings. The molecule has 2 N–H and O–H groups in total. The quantitative estimate of drug-likeness (QED) is 0.0156. The van der Waals surface area contributed by atoms with Gasteiger partial charge in [-0.3, -0.25) is 18.6 Å². The van der Waals surface area contributed by atoms with Crippen molar-refractivity contribution in [2.75, 3.05) is 40.9 Å². The van der Waals surface area contributed by atoms with Gasteiger partial charge in [-0.05, 0) is 57.4 Å². The van der Waals surface area contributed by atoms with Crippen LogP contribution in [0.2, 0.25) is 0 Å². The Morgan fingerprint density at radius 1 is 0.556 bits per heavy atom. The summed E-state index contributed by atoms with van der Waals surface area (Å²) in [5, 5.41) is 3.03. The minimum absolute atomic E-state index is 0.0392. The lowest BCUT2D eigenvalue weighted by Gasteiger charge is -2.27. The second-order valence-corrected chi connectivity index (χ2v) is 20.5. The zero-order valence-corrected chi connectivity index (χ0v) is 43.0. The Morgan fingerprint density at radius 3 is 1.43 bits per heavy atom. The number of carbonyl (C=O) groups is 2. The van der Waals surface area contributed by atoms with Gasteiger partial charge in [0.2, 0.25) is 5.91 Å². The van der Waals surface area contributed by atoms with Crippen molar-refractivity contribution >= 4 is 19.7 Å². The largest absolute Gasteiger partial charge is 0.472 e. The van der Waals surface area contributed by atoms with E-state index < -0.39 is 20.0 Å². The number of allylic oxidation sites excluding steroid dienone is 5. The maximum Gasteiger partial charge on any atom is 0.472 e. The molecule has 0 saturated carbocycles. The van der Waals surface area contributed by atoms with Crippen molar-refractivity contribution < 1.29 is 37.3 Å². The smallest absolute Gasteiger partial charge is 0.456 e. The van der Waals surface area contributed by atoms with E-state index in [0.29, 0.717) is 23.9 Å². The summed E-state index contributed by atoms with van der Waals surface area (Å²) >= 11 is 0. The van der Waals surface area contributed by atoms with Crippen molar-refractivity contribution in [2.45, 2.75) is 251 Å². The van der Waals surface area contributed by atoms with Crippen LogP contribution >= 0.6 is 7.82 Å². The fourth-order valence-corrected chi connectivity index (χ4v) is 8.19. The highest BCUT2D eigenvalue weighted by Crippen LogP contribution is 2.43. The van der Waals surface area contributed by atoms with Gasteiger partial charge in [0.05, 0.1) is 33.8 Å². The molecule has 63 heavy (non-hydrogen) atoms. The number of unbranched alkanes of at least 4 members (excludes halogenated alkanes) is 28. The maximum atomic E-state index is 13.4. The molecule has 0 rings (SSSR count). The summed E-state index contributed by atoms with van der Waals surface area (Å²) in [6, 6.07) is -0.847. The Labute approximate surface area is 389 Å². The van der Waals surface area contributed by atoms with E-state index in [-0.39, 0.29) is 25.1 Å². The summed E-state index contributed by atoms with van der Waals surface area (Å²) in [6.45, 7) is 6.95. The van der Waals surface area contributed by atoms with Crippen LogP contribution in [0.25, 0.3) is 0 Å². The van der Waals surface area contributed by atoms with Gasteiger partial charge in [0.25, 0.3) is 0 Å². The van der Waals surface area contributed by atoms with Crippen LogP contribution in [0.3, 0.4) is 0 Å². The summed E-state index contributed by atoms with van der Waals surface area (Å²) in [4.78, 5) is 37.4. The van der Waals surface area contributed by atoms with E-state index in [9.17, 15) is 19.0 Å². The van der Waals surface area contributed by atoms with Crippen molar-refractivity contribution in [1.82, 2.24) is 5.32 Å². The number of hydrogen-bond donors (Lipinski definition) is 2. The van der Waals surface area contributed by atoms with E-state index in [1.54, 1.807) is 0 Å². The standard InChI is InChI=1S/C53H101N2O7P/c1-7-10-13-16-19-22-25-26-27-28-31-33-36-39-42-45-52(56)54-50(49-61-63(58,59)60-48-47-55(4,5)6)51(44-41-38-35-32-29-23-20-17-14-11-8-2)62-53(57)46-43-40-37-34-30-24-21-18-15-12-9-3/h19,22,25-26,41,44,50-51H,7-18,20-21,23-24,27-40,42-43,45-49H2,1-6H3,(H-,54,56,58,59)/p+1/b22-19+,26-25+,44-41+. The maximum absolute atomic E-state index is 13.4. The lowest BCUT2D eigenvalue weighted by molar-refractivity contribution is -0.870. The summed E-state index contributed by atoms with van der Waals surface area (Å²) in [6.07, 6.45) is 49.9. The van der Waals surface area contributed by atoms with Crippen molar-refractivity contribution in [3.8, 4) is 0 Å². The Hall–Kier alpha value is -1.77. The number of phosphoric ester groups is 1. The molecule has 0 radical (unpaired) electrons. The highest BCUT2D eigenvalue weighted by molar-refractivity contribution is 7.47. The molecule has 1 amide bonds. The van der Waals surface area contributed by atoms with Gasteiger partial charge in [-0.25, -0.2) is 4.57 Å². The van der Waals surface area contributed by atoms with Gasteiger partial charge in [-0.1, -0.05) is 205 Å². The molecule has 0 saturated heterocycles. The lowest BCUT2D eigenvalue weighted by atomic mass is 10.0. The number of ether oxygens (including phenoxy) is 1. The molecule has 370 valence electrons. The van der Waals surface area contributed by atoms with Crippen LogP contribution < -0.4 is 5.32 Å². The van der Waals surface area contributed by atoms with Gasteiger partial charge in [0, 0.05) is 12.8 Å². The summed E-state index contributed by atoms with van der Waals surface area (Å²) in [5.41, 5.74) is 0. The Morgan fingerprint density at radius 2 is 0.952 bits per heavy atom. The number of hydrogen-bond acceptors (Lipinski definition) is 6. The van der Waals surface area contributed by atoms with Gasteiger partial charge in [0.1, 0.15) is 19.3 Å². The van der Waals surface area contributed by atoms with Gasteiger partial charge >= 0.3 is 13.8 Å². The number of rotatable bonds is 47. The fraction of sp³-hybridized carbons (Fsp3) is 0.849. The number of nitrogens with zero attached hydrogens (tertiary/aromatic N) is 1. The molecule has 0 aromatic heterocycles. The number of quaternary nitrogens is 1. The second-order valence-electron chi connectivity index (χ2n) is 19.1. The van der Waals surface area contributed by atoms with Crippen molar-refractivity contribution in [3.05, 3.63) is 36.5 Å². The summed E-state index contributed by atoms with van der Waals surface area (Å²) in [7, 11) is 1.49. The number of esters is 1. The molecular formula is C53H102N2O7P+. The molecule has 0 aromatic carbocycles. The van der Waals surface area contributed by atoms with Gasteiger partial charge < -0.3 is 19.4 Å². The molecule has 0 heterocycles. The molecule has 0 aromatic rings. The van der Waals surface area contributed by atoms with Crippen LogP contribution in [0.1, 0.15) is 239 Å². The van der Waals surface area contributed by atoms with E-state index >= 15 is 0 Å². The Balaban J connectivity index is 5.41. The first kappa shape index (κ1) is 61.2. The Bertz CT molecular complexity index is 1180. The number of likely N-dealkylation sites (N-methyl/N-ethyl adjacent to an activating group) is 1. The third-order valence-electron chi connectivity index (χ3n) is 11.6. The molecular weight excluding hydrogens is 808 g/mol. The first-order chi connectivity index (χ1) is 30.4. The van der Waals surface area contributed by atoms with Crippen molar-refractivity contribution in [2.24, 2.45) is 0 Å². The van der Waals surface area contributed by atoms with Crippen LogP contribution in [0.15, 0.2) is 36.5 Å². The van der Waals surface area contributed by atoms with E-state index in [2.05, 4.69) is 50.4 Å². The number of amides is 1. The zero-order chi connectivity index (χ0) is 46.5. The molecule has 0 aliphatic heterocycles. The number of carbonyl (C=O) groups excluding carboxylic acids is 2. The Kier molecular flexibility index (Phi) is 42.8. The average molecular weight is 910 g/mol. The minimum Gasteiger partial charge on any atom is -0.456 e. The van der Waals surface area contributed by atoms with Crippen molar-refractivity contribution in [1.29, 1.82) is 0 Å². The first-order valence-corrected chi connectivity index (χ1v) is 27.8. The highest BCUT2D eigenvalue weighted by Gasteiger charge is 2.30. The summed E-state index contributed by atoms with van der Waals surface area (Å²) in [5.74, 6) is -0.516. The van der Waals surface area contributed by atoms with Gasteiger partial charge in [0.15, 0.2) is 0 Å². The monoisotopic (exact) mass is 910 g/mol. The number of phosphoric acid groups is 1. The molecule has 0 spiro atoms. The zero-order valence-electron chi connectivity index (χ0n) is 42.1. The molecule has 0 aliphatic carbocycles. The third kappa shape index (κ3) is 45.2. The topological polar surface area (TPSA) is 111 Å². The van der Waals surface area contributed by atoms with Crippen LogP contribution in [0.5, 0.6) is 0 Å². The minimum atomic E-state index is -4.43. The van der Waals surface area contributed by atoms with Crippen LogP contribution in [0.4, 0.5) is 0 Å². The van der Waals surface area contributed by atoms with Crippen LogP contribution in [-0.4, -0.2) is 74.3 Å². The average Bonchev–Trinajstić information content (AvgIpc) is 3.23. The normalized spacial score (nSPS) is 14.2. The molecule has 0 fully saturated rings. The van der Waals surface area contributed by atoms with Crippen LogP contribution in [0, 0.1) is 0 Å². The fourth-order valence-electron chi connectivity index (χ4n) is 7.46. The van der Waals surface area contributed by atoms with Gasteiger partial charge in [-0.2, -0.15) is 0 Å². The van der Waals surface area contributed by atoms with E-state index in [0.717, 1.165) is 77.0 Å². The SMILES string of the molecule is CCCCC/C=C/C=C/CCCCCCCCC(=O)NC(COP(=O)(O)OCC[N+](C)(C)C)C(/C=C/CCCCCCCCCCC)OC(=O)CCCCCCCCCCCCC. The second kappa shape index (κ2) is 44.1. The predicted octanol–water partition coefficient (Wildman–Crippen LogP) is 15.2. The summed E-state index contributed by atoms with van der Waals surface area (Å²) < 4.78 is 30.5. The lowest BCUT2D eigenvalue weighted by Crippen LogP contribution is -2.47. The first-order valence-electron chi connectivity index (χ1n) is 26.3. The van der Waals surface area contributed by atoms with Crippen molar-refractivity contribution in [3.63, 3.8) is 0 Å². The van der Waals surface area contributed by atoms with Crippen LogP contribution in [-0.2, 0) is 27.9 Å². The highest BCUT2D eigenvalue weighted by atomic mass is 31.2. The van der Waals surface area contributed by atoms with Gasteiger partial charge in [-0.15, -0.1) is 0 Å².